The van der Waals surface area contributed by atoms with Gasteiger partial charge in [-0.25, -0.2) is 23.1 Å². The number of sulfonamides is 1. The van der Waals surface area contributed by atoms with Crippen molar-refractivity contribution < 1.29 is 17.6 Å². The van der Waals surface area contributed by atoms with Gasteiger partial charge in [-0.2, -0.15) is 0 Å². The van der Waals surface area contributed by atoms with E-state index in [4.69, 9.17) is 4.42 Å². The molecule has 0 spiro atoms. The molecule has 1 aliphatic rings. The molecule has 31 heavy (non-hydrogen) atoms. The van der Waals surface area contributed by atoms with E-state index in [1.165, 1.54) is 18.4 Å². The lowest BCUT2D eigenvalue weighted by Gasteiger charge is -2.31. The van der Waals surface area contributed by atoms with Gasteiger partial charge in [-0.1, -0.05) is 6.07 Å². The number of amides is 1. The number of rotatable bonds is 7. The lowest BCUT2D eigenvalue weighted by atomic mass is 9.97. The summed E-state index contributed by atoms with van der Waals surface area (Å²) in [4.78, 5) is 23.4. The van der Waals surface area contributed by atoms with Crippen molar-refractivity contribution in [3.63, 3.8) is 0 Å². The quantitative estimate of drug-likeness (QED) is 0.578. The van der Waals surface area contributed by atoms with E-state index in [9.17, 15) is 13.2 Å². The maximum atomic E-state index is 12.8. The van der Waals surface area contributed by atoms with Gasteiger partial charge in [-0.15, -0.1) is 0 Å². The van der Waals surface area contributed by atoms with Crippen molar-refractivity contribution in [2.45, 2.75) is 24.3 Å². The van der Waals surface area contributed by atoms with Crippen LogP contribution in [0.5, 0.6) is 0 Å². The Kier molecular flexibility index (Phi) is 6.28. The molecule has 4 rings (SSSR count). The van der Waals surface area contributed by atoms with E-state index in [1.54, 1.807) is 42.7 Å². The lowest BCUT2D eigenvalue weighted by Crippen LogP contribution is -2.41. The number of furan rings is 1. The molecular weight excluding hydrogens is 418 g/mol. The first kappa shape index (κ1) is 21.0. The lowest BCUT2D eigenvalue weighted by molar-refractivity contribution is -0.120. The van der Waals surface area contributed by atoms with Gasteiger partial charge >= 0.3 is 0 Å². The molecule has 0 radical (unpaired) electrons. The molecule has 10 heteroatoms. The van der Waals surface area contributed by atoms with Gasteiger partial charge < -0.3 is 14.6 Å². The van der Waals surface area contributed by atoms with Gasteiger partial charge in [-0.05, 0) is 49.2 Å². The number of benzene rings is 1. The summed E-state index contributed by atoms with van der Waals surface area (Å²) in [5.74, 6) is 0.724. The Morgan fingerprint density at radius 1 is 1.16 bits per heavy atom. The van der Waals surface area contributed by atoms with E-state index in [-0.39, 0.29) is 23.3 Å². The van der Waals surface area contributed by atoms with Crippen LogP contribution in [0.1, 0.15) is 18.6 Å². The van der Waals surface area contributed by atoms with Crippen LogP contribution in [0.3, 0.4) is 0 Å². The first-order valence-electron chi connectivity index (χ1n) is 9.96. The van der Waals surface area contributed by atoms with Crippen molar-refractivity contribution in [2.24, 2.45) is 5.92 Å². The molecule has 0 aliphatic carbocycles. The molecular formula is C21H23N5O4S. The number of piperidine rings is 1. The summed E-state index contributed by atoms with van der Waals surface area (Å²) in [5, 5.41) is 2.85. The Morgan fingerprint density at radius 2 is 2.00 bits per heavy atom. The number of nitrogens with zero attached hydrogens (tertiary/aromatic N) is 3. The fraction of sp³-hybridized carbons (Fsp3) is 0.286. The second-order valence-electron chi connectivity index (χ2n) is 7.25. The van der Waals surface area contributed by atoms with Gasteiger partial charge in [0.1, 0.15) is 5.76 Å². The molecule has 1 aromatic carbocycles. The molecule has 1 atom stereocenters. The predicted octanol–water partition coefficient (Wildman–Crippen LogP) is 2.40. The standard InChI is InChI=1S/C21H23N5O4S/c27-20(16-5-2-11-26(15-16)21-22-9-4-10-23-21)25-17-6-1-8-19(13-17)31(28,29)24-14-18-7-3-12-30-18/h1,3-4,6-10,12-13,16,24H,2,5,11,14-15H2,(H,25,27). The van der Waals surface area contributed by atoms with Crippen molar-refractivity contribution in [3.8, 4) is 0 Å². The number of anilines is 2. The van der Waals surface area contributed by atoms with Crippen molar-refractivity contribution in [2.75, 3.05) is 23.3 Å². The van der Waals surface area contributed by atoms with Crippen LogP contribution >= 0.6 is 0 Å². The van der Waals surface area contributed by atoms with E-state index in [1.807, 2.05) is 4.90 Å². The summed E-state index contributed by atoms with van der Waals surface area (Å²) in [5.41, 5.74) is 0.430. The van der Waals surface area contributed by atoms with Crippen LogP contribution in [-0.2, 0) is 21.4 Å². The monoisotopic (exact) mass is 441 g/mol. The third-order valence-corrected chi connectivity index (χ3v) is 6.45. The molecule has 0 saturated carbocycles. The highest BCUT2D eigenvalue weighted by atomic mass is 32.2. The van der Waals surface area contributed by atoms with Crippen molar-refractivity contribution in [3.05, 3.63) is 66.9 Å². The topological polar surface area (TPSA) is 117 Å². The highest BCUT2D eigenvalue weighted by molar-refractivity contribution is 7.89. The van der Waals surface area contributed by atoms with E-state index >= 15 is 0 Å². The smallest absolute Gasteiger partial charge is 0.241 e. The van der Waals surface area contributed by atoms with E-state index < -0.39 is 10.0 Å². The largest absolute Gasteiger partial charge is 0.468 e. The summed E-state index contributed by atoms with van der Waals surface area (Å²) >= 11 is 0. The second kappa shape index (κ2) is 9.27. The zero-order valence-electron chi connectivity index (χ0n) is 16.8. The zero-order valence-corrected chi connectivity index (χ0v) is 17.6. The second-order valence-corrected chi connectivity index (χ2v) is 9.02. The van der Waals surface area contributed by atoms with Gasteiger partial charge in [-0.3, -0.25) is 4.79 Å². The third-order valence-electron chi connectivity index (χ3n) is 5.06. The van der Waals surface area contributed by atoms with Crippen LogP contribution < -0.4 is 14.9 Å². The summed E-state index contributed by atoms with van der Waals surface area (Å²) in [6.45, 7) is 1.35. The molecule has 3 aromatic rings. The van der Waals surface area contributed by atoms with E-state index in [0.717, 1.165) is 19.4 Å². The van der Waals surface area contributed by atoms with Crippen molar-refractivity contribution >= 4 is 27.6 Å². The summed E-state index contributed by atoms with van der Waals surface area (Å²) in [6, 6.07) is 11.3. The average molecular weight is 442 g/mol. The fourth-order valence-corrected chi connectivity index (χ4v) is 4.51. The molecule has 1 amide bonds. The number of hydrogen-bond acceptors (Lipinski definition) is 7. The Hall–Kier alpha value is -3.24. The SMILES string of the molecule is O=C(Nc1cccc(S(=O)(=O)NCc2ccco2)c1)C1CCCN(c2ncccn2)C1. The Bertz CT molecular complexity index is 1120. The maximum Gasteiger partial charge on any atom is 0.241 e. The molecule has 3 heterocycles. The minimum Gasteiger partial charge on any atom is -0.468 e. The molecule has 9 nitrogen and oxygen atoms in total. The normalized spacial score (nSPS) is 16.8. The zero-order chi connectivity index (χ0) is 21.7. The van der Waals surface area contributed by atoms with Gasteiger partial charge in [0.2, 0.25) is 21.9 Å². The Labute approximate surface area is 180 Å². The molecule has 2 N–H and O–H groups in total. The number of hydrogen-bond donors (Lipinski definition) is 2. The van der Waals surface area contributed by atoms with Gasteiger partial charge in [0.25, 0.3) is 0 Å². The summed E-state index contributed by atoms with van der Waals surface area (Å²) < 4.78 is 32.8. The number of nitrogens with one attached hydrogen (secondary N) is 2. The minimum absolute atomic E-state index is 0.0470. The Morgan fingerprint density at radius 3 is 2.77 bits per heavy atom. The molecule has 1 saturated heterocycles. The predicted molar refractivity (Wildman–Crippen MR) is 115 cm³/mol. The highest BCUT2D eigenvalue weighted by Crippen LogP contribution is 2.22. The van der Waals surface area contributed by atoms with E-state index in [0.29, 0.717) is 23.9 Å². The molecule has 0 bridgehead atoms. The van der Waals surface area contributed by atoms with E-state index in [2.05, 4.69) is 20.0 Å². The minimum atomic E-state index is -3.75. The van der Waals surface area contributed by atoms with Crippen LogP contribution in [0.2, 0.25) is 0 Å². The van der Waals surface area contributed by atoms with Crippen molar-refractivity contribution in [1.82, 2.24) is 14.7 Å². The van der Waals surface area contributed by atoms with Gasteiger partial charge in [0.15, 0.2) is 0 Å². The summed E-state index contributed by atoms with van der Waals surface area (Å²) in [6.07, 6.45) is 6.44. The molecule has 162 valence electrons. The van der Waals surface area contributed by atoms with Crippen molar-refractivity contribution in [1.29, 1.82) is 0 Å². The van der Waals surface area contributed by atoms with Gasteiger partial charge in [0, 0.05) is 31.2 Å². The molecule has 1 aliphatic heterocycles. The van der Waals surface area contributed by atoms with Crippen LogP contribution in [0.25, 0.3) is 0 Å². The Balaban J connectivity index is 1.40. The van der Waals surface area contributed by atoms with Crippen LogP contribution in [0.15, 0.2) is 70.4 Å². The molecule has 1 fully saturated rings. The van der Waals surface area contributed by atoms with Crippen LogP contribution in [0, 0.1) is 5.92 Å². The maximum absolute atomic E-state index is 12.8. The summed E-state index contributed by atoms with van der Waals surface area (Å²) in [7, 11) is -3.75. The number of carbonyl (C=O) groups is 1. The molecule has 2 aromatic heterocycles. The first-order chi connectivity index (χ1) is 15.0. The highest BCUT2D eigenvalue weighted by Gasteiger charge is 2.27. The van der Waals surface area contributed by atoms with Crippen LogP contribution in [-0.4, -0.2) is 37.4 Å². The van der Waals surface area contributed by atoms with Gasteiger partial charge in [0.05, 0.1) is 23.6 Å². The number of carbonyl (C=O) groups excluding carboxylic acids is 1. The van der Waals surface area contributed by atoms with Crippen LogP contribution in [0.4, 0.5) is 11.6 Å². The first-order valence-corrected chi connectivity index (χ1v) is 11.4. The fourth-order valence-electron chi connectivity index (χ4n) is 3.48. The average Bonchev–Trinajstić information content (AvgIpc) is 3.33. The molecule has 1 unspecified atom stereocenters. The number of aromatic nitrogens is 2. The third kappa shape index (κ3) is 5.28.